The van der Waals surface area contributed by atoms with Crippen molar-refractivity contribution in [2.75, 3.05) is 19.6 Å². The molecule has 0 bridgehead atoms. The Kier molecular flexibility index (Phi) is 4.10. The topological polar surface area (TPSA) is 79.3 Å². The molecule has 2 N–H and O–H groups in total. The van der Waals surface area contributed by atoms with Crippen molar-refractivity contribution in [3.05, 3.63) is 47.4 Å². The summed E-state index contributed by atoms with van der Waals surface area (Å²) in [5.41, 5.74) is 6.52. The Hall–Kier alpha value is -2.32. The van der Waals surface area contributed by atoms with Gasteiger partial charge < -0.3 is 15.4 Å². The summed E-state index contributed by atoms with van der Waals surface area (Å²) >= 11 is 0. The SMILES string of the molecule is CCN1CCC2(CC1)C(C(=O)c1ccccc1)=C(N)OC2C#N. The summed E-state index contributed by atoms with van der Waals surface area (Å²) in [6.07, 6.45) is 0.755. The van der Waals surface area contributed by atoms with E-state index in [-0.39, 0.29) is 11.7 Å². The van der Waals surface area contributed by atoms with Crippen LogP contribution in [0.15, 0.2) is 41.8 Å². The number of nitrogens with two attached hydrogens (primary N) is 1. The predicted octanol–water partition coefficient (Wildman–Crippen LogP) is 2.06. The second kappa shape index (κ2) is 6.05. The van der Waals surface area contributed by atoms with Gasteiger partial charge in [0.25, 0.3) is 0 Å². The molecule has 1 unspecified atom stereocenters. The van der Waals surface area contributed by atoms with Gasteiger partial charge >= 0.3 is 0 Å². The van der Waals surface area contributed by atoms with Crippen LogP contribution in [0.2, 0.25) is 0 Å². The third kappa shape index (κ3) is 2.49. The van der Waals surface area contributed by atoms with Gasteiger partial charge in [-0.15, -0.1) is 0 Å². The molecule has 0 radical (unpaired) electrons. The predicted molar refractivity (Wildman–Crippen MR) is 86.3 cm³/mol. The molecule has 1 atom stereocenters. The first kappa shape index (κ1) is 15.6. The lowest BCUT2D eigenvalue weighted by Crippen LogP contribution is -2.46. The summed E-state index contributed by atoms with van der Waals surface area (Å²) in [6.45, 7) is 4.77. The van der Waals surface area contributed by atoms with Gasteiger partial charge in [-0.2, -0.15) is 5.26 Å². The fourth-order valence-electron chi connectivity index (χ4n) is 3.68. The van der Waals surface area contributed by atoms with Crippen LogP contribution in [0.3, 0.4) is 0 Å². The fraction of sp³-hybridized carbons (Fsp3) is 0.444. The van der Waals surface area contributed by atoms with Crippen LogP contribution in [-0.4, -0.2) is 36.4 Å². The highest BCUT2D eigenvalue weighted by atomic mass is 16.5. The molecule has 2 heterocycles. The number of carbonyl (C=O) groups excluding carboxylic acids is 1. The van der Waals surface area contributed by atoms with Crippen LogP contribution in [0.1, 0.15) is 30.1 Å². The van der Waals surface area contributed by atoms with Gasteiger partial charge in [-0.05, 0) is 32.5 Å². The molecule has 2 aliphatic rings. The maximum absolute atomic E-state index is 13.0. The van der Waals surface area contributed by atoms with Gasteiger partial charge in [0.2, 0.25) is 0 Å². The van der Waals surface area contributed by atoms with Crippen LogP contribution in [0.4, 0.5) is 0 Å². The summed E-state index contributed by atoms with van der Waals surface area (Å²) in [4.78, 5) is 15.3. The molecule has 5 nitrogen and oxygen atoms in total. The smallest absolute Gasteiger partial charge is 0.196 e. The lowest BCUT2D eigenvalue weighted by Gasteiger charge is -2.40. The monoisotopic (exact) mass is 311 g/mol. The molecule has 1 aromatic carbocycles. The maximum atomic E-state index is 13.0. The molecule has 5 heteroatoms. The zero-order chi connectivity index (χ0) is 16.4. The Labute approximate surface area is 136 Å². The normalized spacial score (nSPS) is 23.6. The van der Waals surface area contributed by atoms with Crippen molar-refractivity contribution < 1.29 is 9.53 Å². The van der Waals surface area contributed by atoms with E-state index in [1.165, 1.54) is 0 Å². The number of carbonyl (C=O) groups is 1. The summed E-state index contributed by atoms with van der Waals surface area (Å²) in [5.74, 6) is 0.00106. The van der Waals surface area contributed by atoms with Crippen LogP contribution in [0.5, 0.6) is 0 Å². The minimum absolute atomic E-state index is 0.120. The lowest BCUT2D eigenvalue weighted by atomic mass is 9.68. The molecule has 0 aliphatic carbocycles. The Bertz CT molecular complexity index is 667. The van der Waals surface area contributed by atoms with Crippen molar-refractivity contribution in [3.63, 3.8) is 0 Å². The third-order valence-electron chi connectivity index (χ3n) is 5.07. The Morgan fingerprint density at radius 2 is 2.04 bits per heavy atom. The van der Waals surface area contributed by atoms with E-state index in [0.29, 0.717) is 24.0 Å². The highest BCUT2D eigenvalue weighted by Crippen LogP contribution is 2.49. The molecule has 23 heavy (non-hydrogen) atoms. The summed E-state index contributed by atoms with van der Waals surface area (Å²) < 4.78 is 5.58. The number of hydrogen-bond donors (Lipinski definition) is 1. The molecule has 120 valence electrons. The summed E-state index contributed by atoms with van der Waals surface area (Å²) in [5, 5.41) is 9.51. The van der Waals surface area contributed by atoms with E-state index in [1.54, 1.807) is 12.1 Å². The van der Waals surface area contributed by atoms with Crippen molar-refractivity contribution in [1.82, 2.24) is 4.90 Å². The highest BCUT2D eigenvalue weighted by molar-refractivity contribution is 6.10. The quantitative estimate of drug-likeness (QED) is 0.864. The zero-order valence-electron chi connectivity index (χ0n) is 13.3. The number of piperidine rings is 1. The first-order valence-electron chi connectivity index (χ1n) is 8.01. The number of benzene rings is 1. The van der Waals surface area contributed by atoms with Crippen LogP contribution in [-0.2, 0) is 4.74 Å². The Morgan fingerprint density at radius 3 is 2.61 bits per heavy atom. The fourth-order valence-corrected chi connectivity index (χ4v) is 3.68. The first-order valence-corrected chi connectivity index (χ1v) is 8.01. The maximum Gasteiger partial charge on any atom is 0.196 e. The number of Topliss-reactive ketones (excluding diaryl/α,β-unsaturated/α-hetero) is 1. The molecule has 1 spiro atoms. The van der Waals surface area contributed by atoms with E-state index in [4.69, 9.17) is 10.5 Å². The van der Waals surface area contributed by atoms with E-state index < -0.39 is 11.5 Å². The standard InChI is InChI=1S/C18H21N3O2/c1-2-21-10-8-18(9-11-21)14(12-19)23-17(20)15(18)16(22)13-6-4-3-5-7-13/h3-7,14H,2,8-11,20H2,1H3. The number of nitriles is 1. The minimum Gasteiger partial charge on any atom is -0.460 e. The van der Waals surface area contributed by atoms with Gasteiger partial charge in [-0.3, -0.25) is 4.79 Å². The van der Waals surface area contributed by atoms with E-state index in [0.717, 1.165) is 19.6 Å². The molecule has 0 amide bonds. The second-order valence-corrected chi connectivity index (χ2v) is 6.15. The molecule has 1 aromatic rings. The van der Waals surface area contributed by atoms with E-state index in [2.05, 4.69) is 17.9 Å². The number of rotatable bonds is 3. The third-order valence-corrected chi connectivity index (χ3v) is 5.07. The van der Waals surface area contributed by atoms with Crippen molar-refractivity contribution in [2.24, 2.45) is 11.1 Å². The largest absolute Gasteiger partial charge is 0.460 e. The zero-order valence-corrected chi connectivity index (χ0v) is 13.3. The van der Waals surface area contributed by atoms with Crippen LogP contribution >= 0.6 is 0 Å². The van der Waals surface area contributed by atoms with Gasteiger partial charge in [0.1, 0.15) is 6.07 Å². The van der Waals surface area contributed by atoms with Crippen molar-refractivity contribution >= 4 is 5.78 Å². The van der Waals surface area contributed by atoms with Crippen LogP contribution in [0, 0.1) is 16.7 Å². The van der Waals surface area contributed by atoms with Gasteiger partial charge in [-0.1, -0.05) is 37.3 Å². The molecule has 2 aliphatic heterocycles. The summed E-state index contributed by atoms with van der Waals surface area (Å²) in [6, 6.07) is 11.3. The molecular formula is C18H21N3O2. The van der Waals surface area contributed by atoms with Gasteiger partial charge in [0, 0.05) is 5.56 Å². The summed E-state index contributed by atoms with van der Waals surface area (Å²) in [7, 11) is 0. The molecular weight excluding hydrogens is 290 g/mol. The highest BCUT2D eigenvalue weighted by Gasteiger charge is 2.54. The van der Waals surface area contributed by atoms with Crippen molar-refractivity contribution in [1.29, 1.82) is 5.26 Å². The van der Waals surface area contributed by atoms with Gasteiger partial charge in [0.05, 0.1) is 11.0 Å². The minimum atomic E-state index is -0.677. The Morgan fingerprint density at radius 1 is 1.39 bits per heavy atom. The van der Waals surface area contributed by atoms with Crippen LogP contribution < -0.4 is 5.73 Å². The van der Waals surface area contributed by atoms with E-state index in [1.807, 2.05) is 18.2 Å². The second-order valence-electron chi connectivity index (χ2n) is 6.15. The number of likely N-dealkylation sites (tertiary alicyclic amines) is 1. The molecule has 0 saturated carbocycles. The number of ether oxygens (including phenoxy) is 1. The van der Waals surface area contributed by atoms with E-state index >= 15 is 0 Å². The molecule has 1 fully saturated rings. The molecule has 3 rings (SSSR count). The molecule has 1 saturated heterocycles. The average Bonchev–Trinajstić information content (AvgIpc) is 2.87. The van der Waals surface area contributed by atoms with E-state index in [9.17, 15) is 10.1 Å². The van der Waals surface area contributed by atoms with Crippen molar-refractivity contribution in [3.8, 4) is 6.07 Å². The molecule has 0 aromatic heterocycles. The van der Waals surface area contributed by atoms with Gasteiger partial charge in [0.15, 0.2) is 17.8 Å². The number of ketones is 1. The van der Waals surface area contributed by atoms with Crippen LogP contribution in [0.25, 0.3) is 0 Å². The Balaban J connectivity index is 1.98. The first-order chi connectivity index (χ1) is 11.1. The average molecular weight is 311 g/mol. The number of hydrogen-bond acceptors (Lipinski definition) is 5. The number of nitrogens with zero attached hydrogens (tertiary/aromatic N) is 2. The van der Waals surface area contributed by atoms with Gasteiger partial charge in [-0.25, -0.2) is 0 Å². The lowest BCUT2D eigenvalue weighted by molar-refractivity contribution is 0.0461. The van der Waals surface area contributed by atoms with Crippen molar-refractivity contribution in [2.45, 2.75) is 25.9 Å².